The molecule has 0 radical (unpaired) electrons. The molecule has 1 aliphatic carbocycles. The minimum Gasteiger partial charge on any atom is -0.495 e. The molecule has 196 valence electrons. The van der Waals surface area contributed by atoms with Crippen LogP contribution in [0.25, 0.3) is 0 Å². The molecule has 1 saturated carbocycles. The summed E-state index contributed by atoms with van der Waals surface area (Å²) in [7, 11) is 1.53. The molecule has 2 saturated heterocycles. The van der Waals surface area contributed by atoms with Gasteiger partial charge < -0.3 is 24.2 Å². The molecule has 13 nitrogen and oxygen atoms in total. The van der Waals surface area contributed by atoms with Crippen molar-refractivity contribution in [2.45, 2.75) is 31.8 Å². The van der Waals surface area contributed by atoms with E-state index in [0.29, 0.717) is 37.7 Å². The van der Waals surface area contributed by atoms with Crippen LogP contribution in [0.2, 0.25) is 0 Å². The van der Waals surface area contributed by atoms with Gasteiger partial charge in [0.1, 0.15) is 12.3 Å². The largest absolute Gasteiger partial charge is 0.495 e. The SMILES string of the molecule is COc1ccccc1N(C[C@@H]1COCCN1)C(=O)Cc1noc(CN2C(=O)C(=O)N(CC3CC3)C2=O)n1. The van der Waals surface area contributed by atoms with Gasteiger partial charge in [-0.2, -0.15) is 4.98 Å². The number of carbonyl (C=O) groups excluding carboxylic acids is 4. The van der Waals surface area contributed by atoms with Gasteiger partial charge in [0.05, 0.1) is 32.4 Å². The predicted molar refractivity (Wildman–Crippen MR) is 126 cm³/mol. The van der Waals surface area contributed by atoms with Crippen molar-refractivity contribution >= 4 is 29.4 Å². The van der Waals surface area contributed by atoms with Gasteiger partial charge in [-0.25, -0.2) is 9.69 Å². The highest BCUT2D eigenvalue weighted by Crippen LogP contribution is 2.31. The van der Waals surface area contributed by atoms with Crippen molar-refractivity contribution in [2.75, 3.05) is 44.9 Å². The highest BCUT2D eigenvalue weighted by molar-refractivity contribution is 6.44. The van der Waals surface area contributed by atoms with Crippen LogP contribution in [0.15, 0.2) is 28.8 Å². The Morgan fingerprint density at radius 1 is 1.19 bits per heavy atom. The van der Waals surface area contributed by atoms with Gasteiger partial charge in [-0.05, 0) is 30.9 Å². The van der Waals surface area contributed by atoms with Crippen LogP contribution in [-0.4, -0.2) is 89.7 Å². The van der Waals surface area contributed by atoms with E-state index in [1.54, 1.807) is 17.0 Å². The van der Waals surface area contributed by atoms with E-state index in [2.05, 4.69) is 15.5 Å². The van der Waals surface area contributed by atoms with Crippen molar-refractivity contribution in [3.05, 3.63) is 36.0 Å². The van der Waals surface area contributed by atoms with Crippen molar-refractivity contribution in [3.8, 4) is 5.75 Å². The average Bonchev–Trinajstić information content (AvgIpc) is 3.60. The van der Waals surface area contributed by atoms with Crippen LogP contribution in [0.3, 0.4) is 0 Å². The Kier molecular flexibility index (Phi) is 7.15. The summed E-state index contributed by atoms with van der Waals surface area (Å²) in [5, 5.41) is 7.20. The molecular formula is C24H28N6O7. The molecule has 1 aromatic heterocycles. The van der Waals surface area contributed by atoms with E-state index < -0.39 is 17.8 Å². The molecule has 2 aromatic rings. The van der Waals surface area contributed by atoms with Crippen LogP contribution in [0.4, 0.5) is 10.5 Å². The number of para-hydroxylation sites is 2. The molecule has 1 N–H and O–H groups in total. The molecule has 5 rings (SSSR count). The van der Waals surface area contributed by atoms with E-state index in [0.717, 1.165) is 22.6 Å². The number of hydrogen-bond acceptors (Lipinski definition) is 10. The number of carbonyl (C=O) groups is 4. The summed E-state index contributed by atoms with van der Waals surface area (Å²) in [6, 6.07) is 6.42. The number of ether oxygens (including phenoxy) is 2. The average molecular weight is 513 g/mol. The molecule has 0 spiro atoms. The molecule has 37 heavy (non-hydrogen) atoms. The maximum atomic E-state index is 13.4. The number of aromatic nitrogens is 2. The predicted octanol–water partition coefficient (Wildman–Crippen LogP) is 0.343. The third-order valence-electron chi connectivity index (χ3n) is 6.46. The van der Waals surface area contributed by atoms with E-state index >= 15 is 0 Å². The van der Waals surface area contributed by atoms with Crippen molar-refractivity contribution in [2.24, 2.45) is 5.92 Å². The van der Waals surface area contributed by atoms with Crippen LogP contribution in [0.1, 0.15) is 24.6 Å². The number of urea groups is 1. The van der Waals surface area contributed by atoms with Gasteiger partial charge in [0.2, 0.25) is 11.8 Å². The quantitative estimate of drug-likeness (QED) is 0.349. The first kappa shape index (κ1) is 24.8. The summed E-state index contributed by atoms with van der Waals surface area (Å²) < 4.78 is 16.2. The Bertz CT molecular complexity index is 1190. The van der Waals surface area contributed by atoms with Crippen LogP contribution in [0, 0.1) is 5.92 Å². The van der Waals surface area contributed by atoms with Crippen LogP contribution in [-0.2, 0) is 32.1 Å². The van der Waals surface area contributed by atoms with Crippen LogP contribution in [0.5, 0.6) is 5.75 Å². The fourth-order valence-corrected chi connectivity index (χ4v) is 4.35. The number of morpholine rings is 1. The van der Waals surface area contributed by atoms with Crippen molar-refractivity contribution in [1.29, 1.82) is 0 Å². The molecular weight excluding hydrogens is 484 g/mol. The molecule has 0 bridgehead atoms. The van der Waals surface area contributed by atoms with Crippen molar-refractivity contribution in [3.63, 3.8) is 0 Å². The van der Waals surface area contributed by atoms with E-state index in [1.165, 1.54) is 7.11 Å². The lowest BCUT2D eigenvalue weighted by atomic mass is 10.2. The number of imide groups is 2. The number of benzene rings is 1. The first-order valence-electron chi connectivity index (χ1n) is 12.2. The van der Waals surface area contributed by atoms with E-state index in [4.69, 9.17) is 14.0 Å². The number of nitrogens with one attached hydrogen (secondary N) is 1. The smallest absolute Gasteiger partial charge is 0.334 e. The Morgan fingerprint density at radius 3 is 2.70 bits per heavy atom. The Morgan fingerprint density at radius 2 is 1.97 bits per heavy atom. The molecule has 2 aliphatic heterocycles. The van der Waals surface area contributed by atoms with Gasteiger partial charge in [0.25, 0.3) is 0 Å². The molecule has 3 aliphatic rings. The normalized spacial score (nSPS) is 20.0. The molecule has 0 unspecified atom stereocenters. The number of amides is 5. The number of anilines is 1. The summed E-state index contributed by atoms with van der Waals surface area (Å²) in [5.41, 5.74) is 0.591. The Hall–Kier alpha value is -3.84. The fourth-order valence-electron chi connectivity index (χ4n) is 4.35. The number of rotatable bonds is 10. The Balaban J connectivity index is 1.28. The second-order valence-corrected chi connectivity index (χ2v) is 9.22. The zero-order valence-electron chi connectivity index (χ0n) is 20.4. The van der Waals surface area contributed by atoms with Gasteiger partial charge in [0.15, 0.2) is 5.82 Å². The van der Waals surface area contributed by atoms with Gasteiger partial charge in [-0.3, -0.25) is 19.3 Å². The zero-order chi connectivity index (χ0) is 25.9. The number of hydrogen-bond donors (Lipinski definition) is 1. The van der Waals surface area contributed by atoms with Gasteiger partial charge in [-0.15, -0.1) is 0 Å². The van der Waals surface area contributed by atoms with Gasteiger partial charge in [0, 0.05) is 25.7 Å². The van der Waals surface area contributed by atoms with Gasteiger partial charge >= 0.3 is 17.8 Å². The summed E-state index contributed by atoms with van der Waals surface area (Å²) in [4.78, 5) is 58.1. The molecule has 3 fully saturated rings. The summed E-state index contributed by atoms with van der Waals surface area (Å²) in [6.45, 7) is 1.98. The first-order chi connectivity index (χ1) is 17.9. The summed E-state index contributed by atoms with van der Waals surface area (Å²) >= 11 is 0. The maximum Gasteiger partial charge on any atom is 0.334 e. The lowest BCUT2D eigenvalue weighted by Gasteiger charge is -2.31. The standard InChI is InChI=1S/C24H28N6O7/c1-35-18-5-3-2-4-17(18)28(12-16-14-36-9-8-25-16)21(31)10-19-26-20(37-27-19)13-30-23(33)22(32)29(24(30)34)11-15-6-7-15/h2-5,15-16,25H,6-14H2,1H3/t16-/m1/s1. The third-order valence-corrected chi connectivity index (χ3v) is 6.46. The highest BCUT2D eigenvalue weighted by Gasteiger charge is 2.46. The van der Waals surface area contributed by atoms with E-state index in [1.807, 2.05) is 12.1 Å². The zero-order valence-corrected chi connectivity index (χ0v) is 20.4. The highest BCUT2D eigenvalue weighted by atomic mass is 16.5. The Labute approximate surface area is 212 Å². The molecule has 1 atom stereocenters. The van der Waals surface area contributed by atoms with Gasteiger partial charge in [-0.1, -0.05) is 17.3 Å². The second-order valence-electron chi connectivity index (χ2n) is 9.22. The second kappa shape index (κ2) is 10.6. The summed E-state index contributed by atoms with van der Waals surface area (Å²) in [6.07, 6.45) is 1.67. The first-order valence-corrected chi connectivity index (χ1v) is 12.2. The molecule has 5 amide bonds. The molecule has 1 aromatic carbocycles. The minimum absolute atomic E-state index is 0.0447. The maximum absolute atomic E-state index is 13.4. The fraction of sp³-hybridized carbons (Fsp3) is 0.500. The van der Waals surface area contributed by atoms with Crippen LogP contribution < -0.4 is 15.0 Å². The third kappa shape index (κ3) is 5.47. The van der Waals surface area contributed by atoms with E-state index in [-0.39, 0.29) is 49.1 Å². The monoisotopic (exact) mass is 512 g/mol. The molecule has 13 heteroatoms. The van der Waals surface area contributed by atoms with Crippen molar-refractivity contribution < 1.29 is 33.2 Å². The van der Waals surface area contributed by atoms with E-state index in [9.17, 15) is 19.2 Å². The summed E-state index contributed by atoms with van der Waals surface area (Å²) in [5.74, 6) is -1.24. The van der Waals surface area contributed by atoms with Crippen molar-refractivity contribution in [1.82, 2.24) is 25.3 Å². The lowest BCUT2D eigenvalue weighted by molar-refractivity contribution is -0.143. The number of methoxy groups -OCH3 is 1. The number of nitrogens with zero attached hydrogens (tertiary/aromatic N) is 5. The minimum atomic E-state index is -0.925. The molecule has 3 heterocycles. The van der Waals surface area contributed by atoms with Crippen LogP contribution >= 0.6 is 0 Å². The lowest BCUT2D eigenvalue weighted by Crippen LogP contribution is -2.50. The topological polar surface area (TPSA) is 147 Å².